The van der Waals surface area contributed by atoms with E-state index in [1.54, 1.807) is 0 Å². The van der Waals surface area contributed by atoms with Crippen LogP contribution < -0.4 is 0 Å². The van der Waals surface area contributed by atoms with Gasteiger partial charge in [0.25, 0.3) is 5.92 Å². The normalized spacial score (nSPS) is 18.0. The second-order valence-electron chi connectivity index (χ2n) is 3.16. The Morgan fingerprint density at radius 2 is 2.00 bits per heavy atom. The zero-order valence-electron chi connectivity index (χ0n) is 7.03. The third-order valence-corrected chi connectivity index (χ3v) is 2.58. The van der Waals surface area contributed by atoms with Gasteiger partial charge in [-0.1, -0.05) is 28.1 Å². The van der Waals surface area contributed by atoms with E-state index >= 15 is 0 Å². The summed E-state index contributed by atoms with van der Waals surface area (Å²) in [6.07, 6.45) is 2.44. The maximum Gasteiger partial charge on any atom is 0.280 e. The molecule has 1 aromatic rings. The van der Waals surface area contributed by atoms with E-state index in [4.69, 9.17) is 0 Å². The number of hydrogen-bond donors (Lipinski definition) is 0. The molecule has 0 heterocycles. The van der Waals surface area contributed by atoms with Crippen LogP contribution >= 0.6 is 15.9 Å². The van der Waals surface area contributed by atoms with Crippen molar-refractivity contribution in [3.63, 3.8) is 0 Å². The Kier molecular flexibility index (Phi) is 2.18. The first kappa shape index (κ1) is 9.77. The molecular weight excluding hydrogens is 257 g/mol. The maximum atomic E-state index is 13.3. The van der Waals surface area contributed by atoms with Crippen LogP contribution in [0.1, 0.15) is 17.5 Å². The molecule has 74 valence electrons. The summed E-state index contributed by atoms with van der Waals surface area (Å²) < 4.78 is 40.3. The monoisotopic (exact) mass is 262 g/mol. The molecule has 0 amide bonds. The Morgan fingerprint density at radius 3 is 2.71 bits per heavy atom. The zero-order chi connectivity index (χ0) is 10.3. The molecule has 0 nitrogen and oxygen atoms in total. The topological polar surface area (TPSA) is 0 Å². The highest BCUT2D eigenvalue weighted by molar-refractivity contribution is 9.10. The highest BCUT2D eigenvalue weighted by atomic mass is 79.9. The number of hydrogen-bond acceptors (Lipinski definition) is 0. The molecular formula is C10H6BrF3. The average molecular weight is 263 g/mol. The average Bonchev–Trinajstić information content (AvgIpc) is 2.00. The van der Waals surface area contributed by atoms with Crippen LogP contribution in [-0.4, -0.2) is 0 Å². The van der Waals surface area contributed by atoms with Crippen molar-refractivity contribution in [2.24, 2.45) is 0 Å². The molecule has 4 heteroatoms. The standard InChI is InChI=1S/C10H6BrF3/c11-7-4-6-2-1-3-10(13,14)9(6)8(12)5-7/h1-2,4-5H,3H2. The van der Waals surface area contributed by atoms with Gasteiger partial charge >= 0.3 is 0 Å². The molecule has 0 bridgehead atoms. The molecule has 0 atom stereocenters. The van der Waals surface area contributed by atoms with Gasteiger partial charge in [-0.25, -0.2) is 13.2 Å². The largest absolute Gasteiger partial charge is 0.280 e. The van der Waals surface area contributed by atoms with Gasteiger partial charge in [0.05, 0.1) is 5.56 Å². The smallest absolute Gasteiger partial charge is 0.206 e. The van der Waals surface area contributed by atoms with Crippen molar-refractivity contribution in [3.8, 4) is 0 Å². The predicted molar refractivity (Wildman–Crippen MR) is 51.6 cm³/mol. The molecule has 0 N–H and O–H groups in total. The highest BCUT2D eigenvalue weighted by Gasteiger charge is 2.37. The summed E-state index contributed by atoms with van der Waals surface area (Å²) in [5.74, 6) is -3.95. The minimum absolute atomic E-state index is 0.244. The van der Waals surface area contributed by atoms with Crippen molar-refractivity contribution in [2.45, 2.75) is 12.3 Å². The molecule has 0 fully saturated rings. The lowest BCUT2D eigenvalue weighted by Gasteiger charge is -2.21. The molecule has 0 aliphatic heterocycles. The summed E-state index contributed by atoms with van der Waals surface area (Å²) in [5.41, 5.74) is -0.253. The van der Waals surface area contributed by atoms with E-state index in [9.17, 15) is 13.2 Å². The van der Waals surface area contributed by atoms with Gasteiger partial charge in [-0.2, -0.15) is 0 Å². The van der Waals surface area contributed by atoms with Gasteiger partial charge in [0.2, 0.25) is 0 Å². The third-order valence-electron chi connectivity index (χ3n) is 2.12. The molecule has 14 heavy (non-hydrogen) atoms. The number of rotatable bonds is 0. The lowest BCUT2D eigenvalue weighted by Crippen LogP contribution is -2.18. The van der Waals surface area contributed by atoms with E-state index in [-0.39, 0.29) is 5.56 Å². The van der Waals surface area contributed by atoms with E-state index in [2.05, 4.69) is 15.9 Å². The van der Waals surface area contributed by atoms with Crippen molar-refractivity contribution < 1.29 is 13.2 Å². The fourth-order valence-corrected chi connectivity index (χ4v) is 1.99. The summed E-state index contributed by atoms with van der Waals surface area (Å²) in [6.45, 7) is 0. The van der Waals surface area contributed by atoms with Crippen LogP contribution in [0.2, 0.25) is 0 Å². The van der Waals surface area contributed by atoms with Crippen LogP contribution in [0.25, 0.3) is 6.08 Å². The van der Waals surface area contributed by atoms with Gasteiger partial charge in [0.15, 0.2) is 0 Å². The van der Waals surface area contributed by atoms with Crippen LogP contribution in [0.15, 0.2) is 22.7 Å². The van der Waals surface area contributed by atoms with Gasteiger partial charge in [-0.05, 0) is 17.7 Å². The summed E-state index contributed by atoms with van der Waals surface area (Å²) in [6, 6.07) is 2.55. The van der Waals surface area contributed by atoms with Crippen molar-refractivity contribution in [3.05, 3.63) is 39.6 Å². The van der Waals surface area contributed by atoms with Crippen molar-refractivity contribution in [1.29, 1.82) is 0 Å². The van der Waals surface area contributed by atoms with Crippen molar-refractivity contribution in [2.75, 3.05) is 0 Å². The Bertz CT molecular complexity index is 410. The van der Waals surface area contributed by atoms with Crippen molar-refractivity contribution in [1.82, 2.24) is 0 Å². The van der Waals surface area contributed by atoms with E-state index in [0.29, 0.717) is 4.47 Å². The zero-order valence-corrected chi connectivity index (χ0v) is 8.61. The summed E-state index contributed by atoms with van der Waals surface area (Å²) in [7, 11) is 0. The molecule has 0 unspecified atom stereocenters. The van der Waals surface area contributed by atoms with E-state index in [0.717, 1.165) is 6.07 Å². The van der Waals surface area contributed by atoms with Gasteiger partial charge in [0.1, 0.15) is 5.82 Å². The maximum absolute atomic E-state index is 13.3. The molecule has 0 saturated heterocycles. The van der Waals surface area contributed by atoms with Crippen LogP contribution in [0.4, 0.5) is 13.2 Å². The number of benzene rings is 1. The Hall–Kier alpha value is -0.770. The fraction of sp³-hybridized carbons (Fsp3) is 0.200. The first-order valence-corrected chi connectivity index (χ1v) is 4.84. The minimum atomic E-state index is -3.09. The summed E-state index contributed by atoms with van der Waals surface area (Å²) in [5, 5.41) is 0. The Morgan fingerprint density at radius 1 is 1.29 bits per heavy atom. The number of halogens is 4. The van der Waals surface area contributed by atoms with Gasteiger partial charge in [-0.15, -0.1) is 0 Å². The number of alkyl halides is 2. The van der Waals surface area contributed by atoms with Gasteiger partial charge < -0.3 is 0 Å². The molecule has 0 saturated carbocycles. The van der Waals surface area contributed by atoms with E-state index < -0.39 is 23.7 Å². The first-order chi connectivity index (χ1) is 6.50. The Labute approximate surface area is 87.6 Å². The minimum Gasteiger partial charge on any atom is -0.206 e. The van der Waals surface area contributed by atoms with Crippen LogP contribution in [0.5, 0.6) is 0 Å². The first-order valence-electron chi connectivity index (χ1n) is 4.04. The summed E-state index contributed by atoms with van der Waals surface area (Å²) in [4.78, 5) is 0. The molecule has 1 aliphatic rings. The Balaban J connectivity index is 2.71. The lowest BCUT2D eigenvalue weighted by atomic mass is 9.93. The lowest BCUT2D eigenvalue weighted by molar-refractivity contribution is -0.00579. The van der Waals surface area contributed by atoms with E-state index in [1.165, 1.54) is 18.2 Å². The van der Waals surface area contributed by atoms with Gasteiger partial charge in [0, 0.05) is 10.9 Å². The highest BCUT2D eigenvalue weighted by Crippen LogP contribution is 2.40. The molecule has 0 spiro atoms. The fourth-order valence-electron chi connectivity index (χ4n) is 1.55. The van der Waals surface area contributed by atoms with Crippen LogP contribution in [-0.2, 0) is 5.92 Å². The third kappa shape index (κ3) is 1.47. The molecule has 0 radical (unpaired) electrons. The molecule has 1 aromatic carbocycles. The second kappa shape index (κ2) is 3.12. The summed E-state index contributed by atoms with van der Waals surface area (Å²) >= 11 is 3.06. The molecule has 1 aliphatic carbocycles. The molecule has 2 rings (SSSR count). The van der Waals surface area contributed by atoms with Crippen LogP contribution in [0, 0.1) is 5.82 Å². The number of allylic oxidation sites excluding steroid dienone is 1. The van der Waals surface area contributed by atoms with E-state index in [1.807, 2.05) is 0 Å². The van der Waals surface area contributed by atoms with Crippen LogP contribution in [0.3, 0.4) is 0 Å². The SMILES string of the molecule is Fc1cc(Br)cc2c1C(F)(F)CC=C2. The quantitative estimate of drug-likeness (QED) is 0.661. The second-order valence-corrected chi connectivity index (χ2v) is 4.08. The number of fused-ring (bicyclic) bond motifs is 1. The predicted octanol–water partition coefficient (Wildman–Crippen LogP) is 4.10. The van der Waals surface area contributed by atoms with Gasteiger partial charge in [-0.3, -0.25) is 0 Å². The molecule has 0 aromatic heterocycles. The van der Waals surface area contributed by atoms with Crippen molar-refractivity contribution >= 4 is 22.0 Å².